The van der Waals surface area contributed by atoms with Crippen LogP contribution in [0.4, 0.5) is 0 Å². The average molecular weight is 627 g/mol. The molecule has 12 nitrogen and oxygen atoms in total. The van der Waals surface area contributed by atoms with Gasteiger partial charge < -0.3 is 40.3 Å². The molecule has 2 aromatic carbocycles. The number of unbranched alkanes of at least 4 members (excludes halogenated alkanes) is 1. The molecule has 45 heavy (non-hydrogen) atoms. The van der Waals surface area contributed by atoms with Crippen LogP contribution in [0.15, 0.2) is 39.5 Å². The number of benzene rings is 2. The van der Waals surface area contributed by atoms with Gasteiger partial charge in [0.1, 0.15) is 48.2 Å². The summed E-state index contributed by atoms with van der Waals surface area (Å²) in [5.74, 6) is -2.26. The Morgan fingerprint density at radius 3 is 2.20 bits per heavy atom. The number of phenols is 1. The van der Waals surface area contributed by atoms with E-state index >= 15 is 0 Å². The maximum absolute atomic E-state index is 12.9. The second-order valence-corrected chi connectivity index (χ2v) is 10.8. The molecule has 1 unspecified atom stereocenters. The molecule has 2 atom stereocenters. The van der Waals surface area contributed by atoms with E-state index in [1.807, 2.05) is 13.8 Å². The van der Waals surface area contributed by atoms with Gasteiger partial charge in [0.15, 0.2) is 11.2 Å². The molecule has 0 radical (unpaired) electrons. The zero-order valence-corrected chi connectivity index (χ0v) is 25.9. The molecule has 0 saturated carbocycles. The van der Waals surface area contributed by atoms with Crippen LogP contribution in [-0.2, 0) is 22.4 Å². The monoisotopic (exact) mass is 626 g/mol. The van der Waals surface area contributed by atoms with Gasteiger partial charge in [-0.05, 0) is 63.4 Å². The van der Waals surface area contributed by atoms with Crippen molar-refractivity contribution in [3.63, 3.8) is 0 Å². The number of ether oxygens (including phenoxy) is 3. The highest BCUT2D eigenvalue weighted by atomic mass is 16.6. The number of esters is 2. The van der Waals surface area contributed by atoms with Crippen molar-refractivity contribution in [2.45, 2.75) is 77.9 Å². The highest BCUT2D eigenvalue weighted by Crippen LogP contribution is 2.33. The van der Waals surface area contributed by atoms with Gasteiger partial charge >= 0.3 is 11.9 Å². The third-order valence-electron chi connectivity index (χ3n) is 7.11. The Kier molecular flexibility index (Phi) is 13.1. The topological polar surface area (TPSA) is 202 Å². The number of carbonyl (C=O) groups is 3. The maximum atomic E-state index is 12.9. The molecule has 6 N–H and O–H groups in total. The molecule has 0 spiro atoms. The first kappa shape index (κ1) is 35.2. The van der Waals surface area contributed by atoms with Gasteiger partial charge in [0.2, 0.25) is 5.76 Å². The summed E-state index contributed by atoms with van der Waals surface area (Å²) in [6.07, 6.45) is 2.68. The number of phenolic OH excluding ortho intramolecular Hbond substituents is 1. The molecule has 3 aromatic rings. The minimum Gasteiger partial charge on any atom is -0.507 e. The predicted octanol–water partition coefficient (Wildman–Crippen LogP) is 3.56. The molecule has 0 amide bonds. The zero-order valence-electron chi connectivity index (χ0n) is 25.9. The minimum absolute atomic E-state index is 0.101. The van der Waals surface area contributed by atoms with E-state index in [2.05, 4.69) is 0 Å². The van der Waals surface area contributed by atoms with Gasteiger partial charge in [0, 0.05) is 17.2 Å². The second kappa shape index (κ2) is 16.7. The fraction of sp³-hybridized carbons (Fsp3) is 0.455. The first-order chi connectivity index (χ1) is 21.5. The molecule has 3 rings (SSSR count). The number of ketones is 1. The first-order valence-corrected chi connectivity index (χ1v) is 15.1. The van der Waals surface area contributed by atoms with Crippen LogP contribution in [0.25, 0.3) is 11.0 Å². The van der Waals surface area contributed by atoms with Crippen molar-refractivity contribution < 1.29 is 43.2 Å². The maximum Gasteiger partial charge on any atom is 0.382 e. The Hall–Kier alpha value is -4.26. The summed E-state index contributed by atoms with van der Waals surface area (Å²) in [6, 6.07) is 6.07. The molecule has 0 aliphatic carbocycles. The Bertz CT molecular complexity index is 1570. The summed E-state index contributed by atoms with van der Waals surface area (Å²) in [5.41, 5.74) is 12.0. The predicted molar refractivity (Wildman–Crippen MR) is 167 cm³/mol. The Balaban J connectivity index is 1.77. The number of aromatic hydroxyl groups is 1. The van der Waals surface area contributed by atoms with Crippen molar-refractivity contribution in [3.05, 3.63) is 63.0 Å². The Morgan fingerprint density at radius 1 is 0.956 bits per heavy atom. The van der Waals surface area contributed by atoms with Crippen LogP contribution in [0.1, 0.15) is 84.9 Å². The Labute approximate surface area is 261 Å². The number of fused-ring (bicyclic) bond motifs is 1. The van der Waals surface area contributed by atoms with Crippen molar-refractivity contribution in [1.29, 1.82) is 0 Å². The normalized spacial score (nSPS) is 12.5. The molecular weight excluding hydrogens is 584 g/mol. The third-order valence-corrected chi connectivity index (χ3v) is 7.11. The molecule has 0 aliphatic rings. The third kappa shape index (κ3) is 9.13. The largest absolute Gasteiger partial charge is 0.507 e. The van der Waals surface area contributed by atoms with Crippen molar-refractivity contribution in [2.24, 2.45) is 11.5 Å². The van der Waals surface area contributed by atoms with E-state index in [1.165, 1.54) is 19.1 Å². The molecule has 1 aromatic heterocycles. The van der Waals surface area contributed by atoms with Crippen molar-refractivity contribution >= 4 is 28.7 Å². The van der Waals surface area contributed by atoms with Crippen LogP contribution in [-0.4, -0.2) is 59.8 Å². The summed E-state index contributed by atoms with van der Waals surface area (Å²) in [6.45, 7) is 5.30. The van der Waals surface area contributed by atoms with E-state index in [1.54, 1.807) is 12.1 Å². The van der Waals surface area contributed by atoms with Crippen LogP contribution >= 0.6 is 0 Å². The molecule has 0 saturated heterocycles. The number of aryl methyl sites for hydroxylation is 1. The summed E-state index contributed by atoms with van der Waals surface area (Å²) in [5, 5.41) is 21.4. The van der Waals surface area contributed by atoms with Gasteiger partial charge in [0.25, 0.3) is 0 Å². The van der Waals surface area contributed by atoms with Gasteiger partial charge in [-0.3, -0.25) is 9.59 Å². The van der Waals surface area contributed by atoms with E-state index in [0.29, 0.717) is 67.7 Å². The fourth-order valence-corrected chi connectivity index (χ4v) is 4.77. The first-order valence-electron chi connectivity index (χ1n) is 15.1. The molecular formula is C33H42N2O10. The number of Topliss-reactive ketones (excluding diaryl/α,β-unsaturated/α-hetero) is 1. The van der Waals surface area contributed by atoms with E-state index in [0.717, 1.165) is 6.07 Å². The molecule has 0 fully saturated rings. The number of nitrogens with two attached hydrogens (primary N) is 2. The van der Waals surface area contributed by atoms with Crippen LogP contribution in [0.2, 0.25) is 0 Å². The number of hydrogen-bond donors (Lipinski definition) is 4. The van der Waals surface area contributed by atoms with Crippen LogP contribution in [0.5, 0.6) is 17.2 Å². The lowest BCUT2D eigenvalue weighted by Crippen LogP contribution is -2.34. The molecule has 12 heteroatoms. The van der Waals surface area contributed by atoms with Crippen molar-refractivity contribution in [1.82, 2.24) is 0 Å². The number of aliphatic hydroxyl groups excluding tert-OH is 1. The molecule has 1 heterocycles. The van der Waals surface area contributed by atoms with Gasteiger partial charge in [0.05, 0.1) is 10.9 Å². The lowest BCUT2D eigenvalue weighted by atomic mass is 10.0. The van der Waals surface area contributed by atoms with E-state index in [-0.39, 0.29) is 47.7 Å². The molecule has 0 aliphatic heterocycles. The highest BCUT2D eigenvalue weighted by Gasteiger charge is 2.24. The second-order valence-electron chi connectivity index (χ2n) is 10.8. The number of hydrogen-bond acceptors (Lipinski definition) is 12. The van der Waals surface area contributed by atoms with Gasteiger partial charge in [-0.25, -0.2) is 9.59 Å². The Morgan fingerprint density at radius 2 is 1.58 bits per heavy atom. The SMILES string of the molecule is CCCc1c(OCC(O)COc2ccc3c(=O)cc(C(=O)OC(=O)[C@@H](N)CCCCN)oc3c2CCC)ccc(C(C)=O)c1O. The molecule has 244 valence electrons. The van der Waals surface area contributed by atoms with Crippen LogP contribution < -0.4 is 26.4 Å². The number of carbonyl (C=O) groups excluding carboxylic acids is 3. The van der Waals surface area contributed by atoms with Crippen LogP contribution in [0, 0.1) is 0 Å². The average Bonchev–Trinajstić information content (AvgIpc) is 3.00. The van der Waals surface area contributed by atoms with Crippen LogP contribution in [0.3, 0.4) is 0 Å². The van der Waals surface area contributed by atoms with Gasteiger partial charge in [-0.1, -0.05) is 33.1 Å². The summed E-state index contributed by atoms with van der Waals surface area (Å²) in [4.78, 5) is 49.7. The van der Waals surface area contributed by atoms with E-state index in [4.69, 9.17) is 30.1 Å². The lowest BCUT2D eigenvalue weighted by molar-refractivity contribution is -0.139. The quantitative estimate of drug-likeness (QED) is 0.0735. The molecule has 0 bridgehead atoms. The summed E-state index contributed by atoms with van der Waals surface area (Å²) in [7, 11) is 0. The van der Waals surface area contributed by atoms with Crippen molar-refractivity contribution in [2.75, 3.05) is 19.8 Å². The van der Waals surface area contributed by atoms with Gasteiger partial charge in [-0.15, -0.1) is 0 Å². The zero-order chi connectivity index (χ0) is 33.1. The lowest BCUT2D eigenvalue weighted by Gasteiger charge is -2.18. The highest BCUT2D eigenvalue weighted by molar-refractivity contribution is 5.98. The van der Waals surface area contributed by atoms with Gasteiger partial charge in [-0.2, -0.15) is 0 Å². The smallest absolute Gasteiger partial charge is 0.382 e. The standard InChI is InChI=1S/C33H42N2O10/c1-4-8-23-27(13-11-21(19(3)36)30(23)39)42-17-20(37)18-43-28-14-12-22-26(38)16-29(44-31(22)24(28)9-5-2)33(41)45-32(40)25(35)10-6-7-15-34/h11-14,16,20,25,37,39H,4-10,15,17-18,34-35H2,1-3H3/t20?,25-/m0/s1. The van der Waals surface area contributed by atoms with E-state index in [9.17, 15) is 29.4 Å². The summed E-state index contributed by atoms with van der Waals surface area (Å²) < 4.78 is 22.4. The summed E-state index contributed by atoms with van der Waals surface area (Å²) >= 11 is 0. The fourth-order valence-electron chi connectivity index (χ4n) is 4.77. The number of rotatable bonds is 17. The van der Waals surface area contributed by atoms with Crippen molar-refractivity contribution in [3.8, 4) is 17.2 Å². The number of aliphatic hydroxyl groups is 1. The van der Waals surface area contributed by atoms with E-state index < -0.39 is 35.3 Å². The minimum atomic E-state index is -1.14.